The number of ether oxygens (including phenoxy) is 1. The molecule has 29 heavy (non-hydrogen) atoms. The standard InChI is InChI=1S/C22H28N2O5/c1-22(2,3)14-8-10-15(11-9-14)23-18(25)13-29-19(26)12-24-20(27)16-6-4-5-7-17(16)21(24)28/h8-11,16-17H,4-7,12-13H2,1-3H3,(H,23,25)/t16-,17-/m0/s1. The van der Waals surface area contributed by atoms with Crippen molar-refractivity contribution in [3.63, 3.8) is 0 Å². The lowest BCUT2D eigenvalue weighted by Gasteiger charge is -2.19. The van der Waals surface area contributed by atoms with Gasteiger partial charge in [-0.3, -0.25) is 24.1 Å². The fourth-order valence-corrected chi connectivity index (χ4v) is 3.96. The van der Waals surface area contributed by atoms with Gasteiger partial charge in [-0.15, -0.1) is 0 Å². The molecule has 0 radical (unpaired) electrons. The summed E-state index contributed by atoms with van der Waals surface area (Å²) in [6.07, 6.45) is 3.24. The van der Waals surface area contributed by atoms with Crippen molar-refractivity contribution in [2.75, 3.05) is 18.5 Å². The average molecular weight is 400 g/mol. The molecule has 3 rings (SSSR count). The average Bonchev–Trinajstić information content (AvgIpc) is 2.91. The molecule has 7 nitrogen and oxygen atoms in total. The van der Waals surface area contributed by atoms with Gasteiger partial charge >= 0.3 is 5.97 Å². The normalized spacial score (nSPS) is 21.7. The van der Waals surface area contributed by atoms with Crippen molar-refractivity contribution in [3.05, 3.63) is 29.8 Å². The number of hydrogen-bond acceptors (Lipinski definition) is 5. The molecule has 1 aliphatic heterocycles. The van der Waals surface area contributed by atoms with E-state index in [9.17, 15) is 19.2 Å². The van der Waals surface area contributed by atoms with Crippen molar-refractivity contribution in [1.29, 1.82) is 0 Å². The van der Waals surface area contributed by atoms with Crippen LogP contribution in [0.2, 0.25) is 0 Å². The monoisotopic (exact) mass is 400 g/mol. The summed E-state index contributed by atoms with van der Waals surface area (Å²) in [6.45, 7) is 5.40. The van der Waals surface area contributed by atoms with Gasteiger partial charge in [0.15, 0.2) is 6.61 Å². The first kappa shape index (κ1) is 21.0. The summed E-state index contributed by atoms with van der Waals surface area (Å²) in [4.78, 5) is 49.8. The van der Waals surface area contributed by atoms with E-state index in [0.717, 1.165) is 23.3 Å². The van der Waals surface area contributed by atoms with Crippen LogP contribution < -0.4 is 5.32 Å². The molecule has 2 atom stereocenters. The Hall–Kier alpha value is -2.70. The highest BCUT2D eigenvalue weighted by Crippen LogP contribution is 2.37. The zero-order chi connectivity index (χ0) is 21.2. The van der Waals surface area contributed by atoms with Crippen molar-refractivity contribution in [3.8, 4) is 0 Å². The zero-order valence-electron chi connectivity index (χ0n) is 17.2. The molecule has 1 heterocycles. The Morgan fingerprint density at radius 2 is 1.59 bits per heavy atom. The number of carbonyl (C=O) groups excluding carboxylic acids is 4. The summed E-state index contributed by atoms with van der Waals surface area (Å²) in [5, 5.41) is 2.66. The highest BCUT2D eigenvalue weighted by atomic mass is 16.5. The van der Waals surface area contributed by atoms with Crippen LogP contribution in [0.15, 0.2) is 24.3 Å². The number of nitrogens with zero attached hydrogens (tertiary/aromatic N) is 1. The summed E-state index contributed by atoms with van der Waals surface area (Å²) in [5.74, 6) is -2.43. The summed E-state index contributed by atoms with van der Waals surface area (Å²) >= 11 is 0. The van der Waals surface area contributed by atoms with Crippen LogP contribution in [0.3, 0.4) is 0 Å². The molecule has 156 valence electrons. The van der Waals surface area contributed by atoms with Crippen LogP contribution in [-0.2, 0) is 29.3 Å². The molecule has 0 spiro atoms. The SMILES string of the molecule is CC(C)(C)c1ccc(NC(=O)COC(=O)CN2C(=O)[C@H]3CCCC[C@@H]3C2=O)cc1. The Morgan fingerprint density at radius 1 is 1.03 bits per heavy atom. The smallest absolute Gasteiger partial charge is 0.326 e. The van der Waals surface area contributed by atoms with Crippen molar-refractivity contribution in [2.45, 2.75) is 51.9 Å². The summed E-state index contributed by atoms with van der Waals surface area (Å²) in [6, 6.07) is 7.46. The van der Waals surface area contributed by atoms with Crippen LogP contribution in [0.5, 0.6) is 0 Å². The third-order valence-corrected chi connectivity index (χ3v) is 5.62. The maximum absolute atomic E-state index is 12.4. The molecule has 1 aromatic carbocycles. The van der Waals surface area contributed by atoms with E-state index >= 15 is 0 Å². The van der Waals surface area contributed by atoms with Gasteiger partial charge in [0.1, 0.15) is 6.54 Å². The molecule has 1 N–H and O–H groups in total. The zero-order valence-corrected chi connectivity index (χ0v) is 17.2. The molecule has 2 fully saturated rings. The van der Waals surface area contributed by atoms with Gasteiger partial charge in [-0.25, -0.2) is 0 Å². The summed E-state index contributed by atoms with van der Waals surface area (Å²) < 4.78 is 4.97. The van der Waals surface area contributed by atoms with Gasteiger partial charge in [0.25, 0.3) is 5.91 Å². The van der Waals surface area contributed by atoms with E-state index in [1.165, 1.54) is 0 Å². The lowest BCUT2D eigenvalue weighted by atomic mass is 9.81. The summed E-state index contributed by atoms with van der Waals surface area (Å²) in [5.41, 5.74) is 1.76. The van der Waals surface area contributed by atoms with Crippen LogP contribution in [0.25, 0.3) is 0 Å². The van der Waals surface area contributed by atoms with E-state index < -0.39 is 25.0 Å². The fourth-order valence-electron chi connectivity index (χ4n) is 3.96. The highest BCUT2D eigenvalue weighted by Gasteiger charge is 2.48. The first-order chi connectivity index (χ1) is 13.7. The van der Waals surface area contributed by atoms with Crippen molar-refractivity contribution in [2.24, 2.45) is 11.8 Å². The first-order valence-electron chi connectivity index (χ1n) is 10.1. The van der Waals surface area contributed by atoms with Crippen LogP contribution in [0, 0.1) is 11.8 Å². The van der Waals surface area contributed by atoms with Crippen molar-refractivity contribution in [1.82, 2.24) is 4.90 Å². The maximum Gasteiger partial charge on any atom is 0.326 e. The van der Waals surface area contributed by atoms with Gasteiger partial charge in [0.05, 0.1) is 11.8 Å². The predicted octanol–water partition coefficient (Wildman–Crippen LogP) is 2.64. The molecule has 1 aromatic rings. The van der Waals surface area contributed by atoms with E-state index in [-0.39, 0.29) is 29.1 Å². The molecule has 0 unspecified atom stereocenters. The Bertz CT molecular complexity index is 785. The second-order valence-corrected chi connectivity index (χ2v) is 8.80. The minimum absolute atomic E-state index is 0.0139. The van der Waals surface area contributed by atoms with Gasteiger partial charge in [0, 0.05) is 5.69 Å². The minimum atomic E-state index is -0.761. The quantitative estimate of drug-likeness (QED) is 0.606. The fraction of sp³-hybridized carbons (Fsp3) is 0.545. The number of likely N-dealkylation sites (tertiary alicyclic amines) is 1. The van der Waals surface area contributed by atoms with E-state index in [1.54, 1.807) is 12.1 Å². The van der Waals surface area contributed by atoms with E-state index in [4.69, 9.17) is 4.74 Å². The van der Waals surface area contributed by atoms with E-state index in [2.05, 4.69) is 26.1 Å². The molecular formula is C22H28N2O5. The second kappa shape index (κ2) is 8.35. The topological polar surface area (TPSA) is 92.8 Å². The number of benzene rings is 1. The Labute approximate surface area is 170 Å². The lowest BCUT2D eigenvalue weighted by molar-refractivity contribution is -0.154. The van der Waals surface area contributed by atoms with E-state index in [1.807, 2.05) is 12.1 Å². The van der Waals surface area contributed by atoms with Crippen LogP contribution in [-0.4, -0.2) is 41.7 Å². The number of anilines is 1. The molecule has 1 aliphatic carbocycles. The number of hydrogen-bond donors (Lipinski definition) is 1. The molecule has 1 saturated heterocycles. The largest absolute Gasteiger partial charge is 0.454 e. The molecule has 1 saturated carbocycles. The number of imide groups is 1. The number of nitrogens with one attached hydrogen (secondary N) is 1. The van der Waals surface area contributed by atoms with Gasteiger partial charge < -0.3 is 10.1 Å². The molecular weight excluding hydrogens is 372 g/mol. The van der Waals surface area contributed by atoms with Crippen LogP contribution in [0.1, 0.15) is 52.0 Å². The molecule has 0 bridgehead atoms. The van der Waals surface area contributed by atoms with Gasteiger partial charge in [-0.1, -0.05) is 45.7 Å². The predicted molar refractivity (Wildman–Crippen MR) is 107 cm³/mol. The first-order valence-corrected chi connectivity index (χ1v) is 10.1. The highest BCUT2D eigenvalue weighted by molar-refractivity contribution is 6.07. The minimum Gasteiger partial charge on any atom is -0.454 e. The molecule has 3 amide bonds. The lowest BCUT2D eigenvalue weighted by Crippen LogP contribution is -2.37. The molecule has 2 aliphatic rings. The molecule has 0 aromatic heterocycles. The molecule has 7 heteroatoms. The maximum atomic E-state index is 12.4. The van der Waals surface area contributed by atoms with Gasteiger partial charge in [-0.05, 0) is 36.0 Å². The Morgan fingerprint density at radius 3 is 2.10 bits per heavy atom. The second-order valence-electron chi connectivity index (χ2n) is 8.80. The third kappa shape index (κ3) is 4.83. The summed E-state index contributed by atoms with van der Waals surface area (Å²) in [7, 11) is 0. The number of esters is 1. The number of rotatable bonds is 5. The Kier molecular flexibility index (Phi) is 6.05. The Balaban J connectivity index is 1.47. The number of fused-ring (bicyclic) bond motifs is 1. The van der Waals surface area contributed by atoms with Gasteiger partial charge in [0.2, 0.25) is 11.8 Å². The van der Waals surface area contributed by atoms with Crippen molar-refractivity contribution < 1.29 is 23.9 Å². The third-order valence-electron chi connectivity index (χ3n) is 5.62. The van der Waals surface area contributed by atoms with Crippen LogP contribution >= 0.6 is 0 Å². The number of carbonyl (C=O) groups is 4. The van der Waals surface area contributed by atoms with Gasteiger partial charge in [-0.2, -0.15) is 0 Å². The number of amides is 3. The van der Waals surface area contributed by atoms with E-state index in [0.29, 0.717) is 18.5 Å². The van der Waals surface area contributed by atoms with Crippen LogP contribution in [0.4, 0.5) is 5.69 Å². The van der Waals surface area contributed by atoms with Crippen molar-refractivity contribution >= 4 is 29.4 Å².